The Morgan fingerprint density at radius 3 is 3.00 bits per heavy atom. The molecule has 0 bridgehead atoms. The molecule has 0 aliphatic heterocycles. The topological polar surface area (TPSA) is 59.4 Å². The maximum atomic E-state index is 13.6. The van der Waals surface area contributed by atoms with Gasteiger partial charge in [0.2, 0.25) is 6.17 Å². The van der Waals surface area contributed by atoms with Crippen LogP contribution in [-0.4, -0.2) is 28.8 Å². The molecule has 84 valence electrons. The predicted molar refractivity (Wildman–Crippen MR) is 53.2 cm³/mol. The van der Waals surface area contributed by atoms with Crippen LogP contribution in [0.2, 0.25) is 0 Å². The minimum Gasteiger partial charge on any atom is -0.464 e. The minimum atomic E-state index is -2.12. The van der Waals surface area contributed by atoms with Crippen LogP contribution in [0.3, 0.4) is 0 Å². The Morgan fingerprint density at radius 2 is 2.53 bits per heavy atom. The van der Waals surface area contributed by atoms with Gasteiger partial charge in [-0.1, -0.05) is 0 Å². The first kappa shape index (κ1) is 12.1. The van der Waals surface area contributed by atoms with E-state index >= 15 is 0 Å². The second-order valence-electron chi connectivity index (χ2n) is 3.10. The van der Waals surface area contributed by atoms with E-state index in [-0.39, 0.29) is 11.6 Å². The second kappa shape index (κ2) is 4.67. The number of aromatic nitrogens is 1. The lowest BCUT2D eigenvalue weighted by molar-refractivity contribution is -0.160. The number of hydrogen-bond donors (Lipinski definition) is 1. The minimum absolute atomic E-state index is 0.0766. The molecule has 1 rings (SSSR count). The van der Waals surface area contributed by atoms with Crippen molar-refractivity contribution in [2.45, 2.75) is 25.6 Å². The van der Waals surface area contributed by atoms with E-state index in [2.05, 4.69) is 9.72 Å². The van der Waals surface area contributed by atoms with Gasteiger partial charge in [0.05, 0.1) is 6.61 Å². The van der Waals surface area contributed by atoms with Crippen LogP contribution in [0.4, 0.5) is 4.39 Å². The van der Waals surface area contributed by atoms with E-state index in [9.17, 15) is 14.3 Å². The molecule has 0 saturated carbocycles. The molecule has 1 heterocycles. The fraction of sp³-hybridized carbons (Fsp3) is 0.556. The molecular formula is C9H12FNO3S. The van der Waals surface area contributed by atoms with Crippen molar-refractivity contribution in [1.29, 1.82) is 0 Å². The van der Waals surface area contributed by atoms with Gasteiger partial charge >= 0.3 is 5.97 Å². The second-order valence-corrected chi connectivity index (χ2v) is 3.99. The molecule has 1 aromatic heterocycles. The number of nitrogens with zero attached hydrogens (tertiary/aromatic N) is 1. The predicted octanol–water partition coefficient (Wildman–Crippen LogP) is 1.25. The molecular weight excluding hydrogens is 221 g/mol. The van der Waals surface area contributed by atoms with Crippen LogP contribution < -0.4 is 0 Å². The summed E-state index contributed by atoms with van der Waals surface area (Å²) in [6, 6.07) is 0. The van der Waals surface area contributed by atoms with Crippen LogP contribution in [0.1, 0.15) is 18.9 Å². The average Bonchev–Trinajstić information content (AvgIpc) is 2.70. The summed E-state index contributed by atoms with van der Waals surface area (Å²) in [6.07, 6.45) is -0.685. The molecule has 0 spiro atoms. The lowest BCUT2D eigenvalue weighted by Crippen LogP contribution is -2.40. The number of hydrogen-bond acceptors (Lipinski definition) is 5. The number of esters is 1. The Hall–Kier alpha value is -1.01. The van der Waals surface area contributed by atoms with Crippen LogP contribution in [-0.2, 0) is 15.1 Å². The monoisotopic (exact) mass is 233 g/mol. The van der Waals surface area contributed by atoms with Crippen molar-refractivity contribution < 1.29 is 19.0 Å². The van der Waals surface area contributed by atoms with Crippen LogP contribution in [0, 0.1) is 0 Å². The Morgan fingerprint density at radius 1 is 1.87 bits per heavy atom. The molecule has 1 aromatic rings. The number of carbonyl (C=O) groups excluding carboxylic acids is 1. The molecule has 0 radical (unpaired) electrons. The lowest BCUT2D eigenvalue weighted by Gasteiger charge is -2.23. The van der Waals surface area contributed by atoms with Gasteiger partial charge in [-0.15, -0.1) is 11.3 Å². The smallest absolute Gasteiger partial charge is 0.344 e. The Bertz CT molecular complexity index is 326. The van der Waals surface area contributed by atoms with Crippen LogP contribution >= 0.6 is 11.3 Å². The summed E-state index contributed by atoms with van der Waals surface area (Å²) in [7, 11) is 0. The number of carbonyl (C=O) groups is 1. The molecule has 0 saturated heterocycles. The van der Waals surface area contributed by atoms with Crippen molar-refractivity contribution in [2.24, 2.45) is 0 Å². The van der Waals surface area contributed by atoms with Crippen molar-refractivity contribution in [1.82, 2.24) is 4.98 Å². The highest BCUT2D eigenvalue weighted by molar-refractivity contribution is 7.09. The van der Waals surface area contributed by atoms with Gasteiger partial charge in [0, 0.05) is 11.6 Å². The van der Waals surface area contributed by atoms with Crippen molar-refractivity contribution >= 4 is 17.3 Å². The maximum Gasteiger partial charge on any atom is 0.344 e. The first-order valence-corrected chi connectivity index (χ1v) is 5.31. The number of ether oxygens (including phenoxy) is 1. The van der Waals surface area contributed by atoms with Gasteiger partial charge in [0.1, 0.15) is 5.01 Å². The molecule has 0 amide bonds. The standard InChI is InChI=1S/C9H12FNO3S/c1-3-14-7(12)6(10)9(2,13)8-11-4-5-15-8/h4-6,13H,3H2,1-2H3. The van der Waals surface area contributed by atoms with E-state index in [1.54, 1.807) is 12.3 Å². The molecule has 0 aromatic carbocycles. The van der Waals surface area contributed by atoms with E-state index in [1.165, 1.54) is 13.1 Å². The van der Waals surface area contributed by atoms with Gasteiger partial charge in [-0.25, -0.2) is 14.2 Å². The number of halogens is 1. The Balaban J connectivity index is 2.82. The highest BCUT2D eigenvalue weighted by Crippen LogP contribution is 2.29. The molecule has 0 fully saturated rings. The van der Waals surface area contributed by atoms with Gasteiger partial charge in [0.15, 0.2) is 5.60 Å². The SMILES string of the molecule is CCOC(=O)C(F)C(C)(O)c1nccs1. The van der Waals surface area contributed by atoms with Crippen LogP contribution in [0.5, 0.6) is 0 Å². The van der Waals surface area contributed by atoms with E-state index < -0.39 is 17.7 Å². The van der Waals surface area contributed by atoms with Gasteiger partial charge in [0.25, 0.3) is 0 Å². The molecule has 0 aliphatic carbocycles. The van der Waals surface area contributed by atoms with E-state index in [0.29, 0.717) is 0 Å². The molecule has 6 heteroatoms. The highest BCUT2D eigenvalue weighted by atomic mass is 32.1. The van der Waals surface area contributed by atoms with Crippen molar-refractivity contribution in [2.75, 3.05) is 6.61 Å². The summed E-state index contributed by atoms with van der Waals surface area (Å²) in [5.41, 5.74) is -1.93. The summed E-state index contributed by atoms with van der Waals surface area (Å²) >= 11 is 1.08. The summed E-state index contributed by atoms with van der Waals surface area (Å²) in [5, 5.41) is 11.6. The quantitative estimate of drug-likeness (QED) is 0.795. The summed E-state index contributed by atoms with van der Waals surface area (Å²) in [4.78, 5) is 14.9. The van der Waals surface area contributed by atoms with Crippen LogP contribution in [0.25, 0.3) is 0 Å². The lowest BCUT2D eigenvalue weighted by atomic mass is 10.0. The summed E-state index contributed by atoms with van der Waals surface area (Å²) < 4.78 is 18.1. The molecule has 2 atom stereocenters. The zero-order valence-electron chi connectivity index (χ0n) is 8.44. The van der Waals surface area contributed by atoms with Gasteiger partial charge in [-0.2, -0.15) is 0 Å². The molecule has 1 N–H and O–H groups in total. The number of thiazole rings is 1. The van der Waals surface area contributed by atoms with E-state index in [0.717, 1.165) is 11.3 Å². The zero-order chi connectivity index (χ0) is 11.5. The first-order chi connectivity index (χ1) is 7.00. The van der Waals surface area contributed by atoms with E-state index in [1.807, 2.05) is 0 Å². The third-order valence-electron chi connectivity index (χ3n) is 1.85. The van der Waals surface area contributed by atoms with Crippen molar-refractivity contribution in [3.63, 3.8) is 0 Å². The molecule has 2 unspecified atom stereocenters. The fourth-order valence-corrected chi connectivity index (χ4v) is 1.74. The Labute approximate surface area is 90.7 Å². The number of alkyl halides is 1. The molecule has 0 aliphatic rings. The number of rotatable bonds is 4. The first-order valence-electron chi connectivity index (χ1n) is 4.43. The van der Waals surface area contributed by atoms with Crippen molar-refractivity contribution in [3.05, 3.63) is 16.6 Å². The largest absolute Gasteiger partial charge is 0.464 e. The van der Waals surface area contributed by atoms with E-state index in [4.69, 9.17) is 0 Å². The number of aliphatic hydroxyl groups is 1. The maximum absolute atomic E-state index is 13.6. The fourth-order valence-electron chi connectivity index (χ4n) is 1.03. The van der Waals surface area contributed by atoms with Crippen LogP contribution in [0.15, 0.2) is 11.6 Å². The molecule has 4 nitrogen and oxygen atoms in total. The van der Waals surface area contributed by atoms with Gasteiger partial charge < -0.3 is 9.84 Å². The third-order valence-corrected chi connectivity index (χ3v) is 2.85. The van der Waals surface area contributed by atoms with Gasteiger partial charge in [-0.05, 0) is 13.8 Å². The summed E-state index contributed by atoms with van der Waals surface area (Å²) in [6.45, 7) is 2.85. The molecule has 15 heavy (non-hydrogen) atoms. The Kier molecular flexibility index (Phi) is 3.76. The van der Waals surface area contributed by atoms with Gasteiger partial charge in [-0.3, -0.25) is 0 Å². The zero-order valence-corrected chi connectivity index (χ0v) is 9.25. The highest BCUT2D eigenvalue weighted by Gasteiger charge is 2.42. The average molecular weight is 233 g/mol. The normalized spacial score (nSPS) is 16.8. The third kappa shape index (κ3) is 2.51. The summed E-state index contributed by atoms with van der Waals surface area (Å²) in [5.74, 6) is -1.07. The van der Waals surface area contributed by atoms with Crippen molar-refractivity contribution in [3.8, 4) is 0 Å².